The molecule has 1 aliphatic rings. The van der Waals surface area contributed by atoms with Crippen LogP contribution >= 0.6 is 0 Å². The largest absolute Gasteiger partial charge is 0.388 e. The molecule has 0 radical (unpaired) electrons. The Morgan fingerprint density at radius 1 is 1.35 bits per heavy atom. The highest BCUT2D eigenvalue weighted by Crippen LogP contribution is 2.36. The molecule has 8 heteroatoms. The molecule has 3 rings (SSSR count). The fourth-order valence-corrected chi connectivity index (χ4v) is 3.31. The Morgan fingerprint density at radius 2 is 2.12 bits per heavy atom. The van der Waals surface area contributed by atoms with Crippen LogP contribution in [0.2, 0.25) is 0 Å². The number of carbonyl (C=O) groups excluding carboxylic acids is 1. The first-order valence-electron chi connectivity index (χ1n) is 8.93. The van der Waals surface area contributed by atoms with Crippen LogP contribution in [0.4, 0.5) is 9.18 Å². The van der Waals surface area contributed by atoms with Gasteiger partial charge in [0, 0.05) is 25.0 Å². The first kappa shape index (κ1) is 18.3. The van der Waals surface area contributed by atoms with Crippen molar-refractivity contribution in [1.82, 2.24) is 25.4 Å². The molecule has 2 aromatic rings. The molecule has 0 aliphatic heterocycles. The molecule has 1 aromatic carbocycles. The van der Waals surface area contributed by atoms with E-state index < -0.39 is 0 Å². The van der Waals surface area contributed by atoms with Gasteiger partial charge in [-0.15, -0.1) is 10.2 Å². The minimum absolute atomic E-state index is 0.0908. The molecule has 2 amide bonds. The smallest absolute Gasteiger partial charge is 0.315 e. The van der Waals surface area contributed by atoms with Crippen LogP contribution < -0.4 is 10.6 Å². The van der Waals surface area contributed by atoms with Crippen molar-refractivity contribution in [3.63, 3.8) is 0 Å². The van der Waals surface area contributed by atoms with E-state index in [1.165, 1.54) is 6.07 Å². The molecule has 0 spiro atoms. The molecule has 1 fully saturated rings. The standard InChI is InChI=1S/C18H24FN5O2/c1-2-24-16(11-25)22-23-17(24)13-9-14(10-13)21-18(26)20-8-7-12-5-3-4-6-15(12)19/h3-6,13-14,25H,2,7-11H2,1H3,(H2,20,21,26). The van der Waals surface area contributed by atoms with Crippen LogP contribution in [0.25, 0.3) is 0 Å². The van der Waals surface area contributed by atoms with Gasteiger partial charge in [0.2, 0.25) is 0 Å². The predicted octanol–water partition coefficient (Wildman–Crippen LogP) is 1.72. The lowest BCUT2D eigenvalue weighted by molar-refractivity contribution is 0.220. The number of aromatic nitrogens is 3. The maximum atomic E-state index is 13.5. The fraction of sp³-hybridized carbons (Fsp3) is 0.500. The number of hydrogen-bond acceptors (Lipinski definition) is 4. The normalized spacial score (nSPS) is 19.0. The van der Waals surface area contributed by atoms with Crippen molar-refractivity contribution in [3.05, 3.63) is 47.3 Å². The Kier molecular flexibility index (Phi) is 5.82. The minimum atomic E-state index is -0.251. The number of amides is 2. The van der Waals surface area contributed by atoms with Gasteiger partial charge in [-0.05, 0) is 37.8 Å². The van der Waals surface area contributed by atoms with Crippen molar-refractivity contribution in [3.8, 4) is 0 Å². The summed E-state index contributed by atoms with van der Waals surface area (Å²) in [6.07, 6.45) is 2.05. The lowest BCUT2D eigenvalue weighted by Crippen LogP contribution is -2.48. The second-order valence-electron chi connectivity index (χ2n) is 6.48. The van der Waals surface area contributed by atoms with Gasteiger partial charge in [0.15, 0.2) is 5.82 Å². The number of nitrogens with one attached hydrogen (secondary N) is 2. The summed E-state index contributed by atoms with van der Waals surface area (Å²) in [5.74, 6) is 1.43. The number of rotatable bonds is 7. The van der Waals surface area contributed by atoms with Gasteiger partial charge in [-0.1, -0.05) is 18.2 Å². The molecular formula is C18H24FN5O2. The van der Waals surface area contributed by atoms with Crippen LogP contribution in [-0.2, 0) is 19.6 Å². The highest BCUT2D eigenvalue weighted by Gasteiger charge is 2.35. The van der Waals surface area contributed by atoms with E-state index in [1.54, 1.807) is 18.2 Å². The molecule has 0 bridgehead atoms. The number of carbonyl (C=O) groups is 1. The number of urea groups is 1. The van der Waals surface area contributed by atoms with Crippen molar-refractivity contribution in [2.45, 2.75) is 51.3 Å². The van der Waals surface area contributed by atoms with Crippen LogP contribution in [0.3, 0.4) is 0 Å². The summed E-state index contributed by atoms with van der Waals surface area (Å²) < 4.78 is 15.5. The predicted molar refractivity (Wildman–Crippen MR) is 94.0 cm³/mol. The number of nitrogens with zero attached hydrogens (tertiary/aromatic N) is 3. The summed E-state index contributed by atoms with van der Waals surface area (Å²) in [5, 5.41) is 23.1. The van der Waals surface area contributed by atoms with Gasteiger partial charge >= 0.3 is 6.03 Å². The van der Waals surface area contributed by atoms with Crippen molar-refractivity contribution >= 4 is 6.03 Å². The summed E-state index contributed by atoms with van der Waals surface area (Å²) in [7, 11) is 0. The SMILES string of the molecule is CCn1c(CO)nnc1C1CC(NC(=O)NCCc2ccccc2F)C1. The van der Waals surface area contributed by atoms with Crippen LogP contribution in [0, 0.1) is 5.82 Å². The Hall–Kier alpha value is -2.48. The average Bonchev–Trinajstić information content (AvgIpc) is 3.01. The summed E-state index contributed by atoms with van der Waals surface area (Å²) >= 11 is 0. The third kappa shape index (κ3) is 4.01. The monoisotopic (exact) mass is 361 g/mol. The average molecular weight is 361 g/mol. The molecule has 1 saturated carbocycles. The summed E-state index contributed by atoms with van der Waals surface area (Å²) in [5.41, 5.74) is 0.593. The summed E-state index contributed by atoms with van der Waals surface area (Å²) in [6, 6.07) is 6.42. The van der Waals surface area contributed by atoms with Gasteiger partial charge in [0.25, 0.3) is 0 Å². The highest BCUT2D eigenvalue weighted by molar-refractivity contribution is 5.74. The van der Waals surface area contributed by atoms with E-state index in [0.29, 0.717) is 30.9 Å². The van der Waals surface area contributed by atoms with Crippen molar-refractivity contribution in [1.29, 1.82) is 0 Å². The minimum Gasteiger partial charge on any atom is -0.388 e. The van der Waals surface area contributed by atoms with Gasteiger partial charge in [-0.25, -0.2) is 9.18 Å². The van der Waals surface area contributed by atoms with Crippen LogP contribution in [0.1, 0.15) is 42.9 Å². The first-order valence-corrected chi connectivity index (χ1v) is 8.93. The van der Waals surface area contributed by atoms with Gasteiger partial charge in [0.1, 0.15) is 18.2 Å². The zero-order valence-corrected chi connectivity index (χ0v) is 14.8. The quantitative estimate of drug-likeness (QED) is 0.700. The number of aliphatic hydroxyl groups is 1. The molecule has 3 N–H and O–H groups in total. The molecule has 1 aliphatic carbocycles. The topological polar surface area (TPSA) is 92.1 Å². The molecule has 140 valence electrons. The number of aliphatic hydroxyl groups excluding tert-OH is 1. The lowest BCUT2D eigenvalue weighted by atomic mass is 9.79. The maximum absolute atomic E-state index is 13.5. The van der Waals surface area contributed by atoms with Gasteiger partial charge in [0.05, 0.1) is 0 Å². The molecule has 0 saturated heterocycles. The second kappa shape index (κ2) is 8.27. The van der Waals surface area contributed by atoms with Crippen molar-refractivity contribution in [2.75, 3.05) is 6.54 Å². The Morgan fingerprint density at radius 3 is 2.81 bits per heavy atom. The summed E-state index contributed by atoms with van der Waals surface area (Å²) in [4.78, 5) is 12.0. The first-order chi connectivity index (χ1) is 12.6. The molecule has 26 heavy (non-hydrogen) atoms. The third-order valence-electron chi connectivity index (χ3n) is 4.79. The zero-order valence-electron chi connectivity index (χ0n) is 14.8. The molecule has 0 unspecified atom stereocenters. The Labute approximate surface area is 151 Å². The summed E-state index contributed by atoms with van der Waals surface area (Å²) in [6.45, 7) is 2.96. The van der Waals surface area contributed by atoms with Crippen molar-refractivity contribution in [2.24, 2.45) is 0 Å². The van der Waals surface area contributed by atoms with E-state index in [1.807, 2.05) is 11.5 Å². The maximum Gasteiger partial charge on any atom is 0.315 e. The van der Waals surface area contributed by atoms with Crippen LogP contribution in [0.5, 0.6) is 0 Å². The second-order valence-corrected chi connectivity index (χ2v) is 6.48. The van der Waals surface area contributed by atoms with E-state index in [0.717, 1.165) is 18.7 Å². The molecule has 1 heterocycles. The lowest BCUT2D eigenvalue weighted by Gasteiger charge is -2.35. The molecular weight excluding hydrogens is 337 g/mol. The van der Waals surface area contributed by atoms with E-state index in [-0.39, 0.29) is 30.4 Å². The number of hydrogen-bond donors (Lipinski definition) is 3. The third-order valence-corrected chi connectivity index (χ3v) is 4.79. The van der Waals surface area contributed by atoms with Crippen molar-refractivity contribution < 1.29 is 14.3 Å². The Balaban J connectivity index is 1.41. The van der Waals surface area contributed by atoms with Gasteiger partial charge in [-0.3, -0.25) is 0 Å². The highest BCUT2D eigenvalue weighted by atomic mass is 19.1. The van der Waals surface area contributed by atoms with E-state index in [4.69, 9.17) is 0 Å². The Bertz CT molecular complexity index is 758. The van der Waals surface area contributed by atoms with E-state index in [9.17, 15) is 14.3 Å². The van der Waals surface area contributed by atoms with E-state index >= 15 is 0 Å². The van der Waals surface area contributed by atoms with Crippen LogP contribution in [-0.4, -0.2) is 38.5 Å². The molecule has 0 atom stereocenters. The van der Waals surface area contributed by atoms with Gasteiger partial charge < -0.3 is 20.3 Å². The van der Waals surface area contributed by atoms with Gasteiger partial charge in [-0.2, -0.15) is 0 Å². The zero-order chi connectivity index (χ0) is 18.5. The number of benzene rings is 1. The van der Waals surface area contributed by atoms with Crippen LogP contribution in [0.15, 0.2) is 24.3 Å². The number of halogens is 1. The fourth-order valence-electron chi connectivity index (χ4n) is 3.31. The molecule has 7 nitrogen and oxygen atoms in total. The van der Waals surface area contributed by atoms with E-state index in [2.05, 4.69) is 20.8 Å². The molecule has 1 aromatic heterocycles.